The third-order valence-corrected chi connectivity index (χ3v) is 5.38. The van der Waals surface area contributed by atoms with Crippen LogP contribution in [0.3, 0.4) is 0 Å². The molecule has 0 bridgehead atoms. The van der Waals surface area contributed by atoms with Gasteiger partial charge in [-0.15, -0.1) is 5.10 Å². The van der Waals surface area contributed by atoms with Crippen molar-refractivity contribution in [2.24, 2.45) is 11.3 Å². The SMILES string of the molecule is COC(=O)[C@@H]1CC12CCN(C(=O)c1snnc1C)CC2. The number of methoxy groups -OCH3 is 1. The van der Waals surface area contributed by atoms with Crippen LogP contribution in [0.5, 0.6) is 0 Å². The number of nitrogens with zero attached hydrogens (tertiary/aromatic N) is 3. The molecule has 0 radical (unpaired) electrons. The average molecular weight is 295 g/mol. The molecule has 0 aromatic carbocycles. The number of hydrogen-bond acceptors (Lipinski definition) is 6. The van der Waals surface area contributed by atoms with Gasteiger partial charge in [-0.25, -0.2) is 0 Å². The molecule has 2 heterocycles. The lowest BCUT2D eigenvalue weighted by atomic mass is 9.90. The summed E-state index contributed by atoms with van der Waals surface area (Å²) >= 11 is 1.15. The second-order valence-electron chi connectivity index (χ2n) is 5.62. The molecule has 1 amide bonds. The van der Waals surface area contributed by atoms with Crippen molar-refractivity contribution in [1.29, 1.82) is 0 Å². The van der Waals surface area contributed by atoms with Crippen LogP contribution in [0.2, 0.25) is 0 Å². The Morgan fingerprint density at radius 3 is 2.65 bits per heavy atom. The van der Waals surface area contributed by atoms with Crippen LogP contribution in [0.25, 0.3) is 0 Å². The number of piperidine rings is 1. The number of carbonyl (C=O) groups excluding carboxylic acids is 2. The van der Waals surface area contributed by atoms with Crippen molar-refractivity contribution in [3.05, 3.63) is 10.6 Å². The van der Waals surface area contributed by atoms with E-state index in [1.807, 2.05) is 4.90 Å². The smallest absolute Gasteiger partial charge is 0.309 e. The van der Waals surface area contributed by atoms with E-state index in [1.165, 1.54) is 7.11 Å². The predicted octanol–water partition coefficient (Wildman–Crippen LogP) is 1.26. The highest BCUT2D eigenvalue weighted by atomic mass is 32.1. The van der Waals surface area contributed by atoms with E-state index in [9.17, 15) is 9.59 Å². The highest BCUT2D eigenvalue weighted by Crippen LogP contribution is 2.59. The van der Waals surface area contributed by atoms with E-state index in [2.05, 4.69) is 9.59 Å². The maximum Gasteiger partial charge on any atom is 0.309 e. The van der Waals surface area contributed by atoms with Gasteiger partial charge in [0.25, 0.3) is 5.91 Å². The number of likely N-dealkylation sites (tertiary alicyclic amines) is 1. The first-order chi connectivity index (χ1) is 9.57. The average Bonchev–Trinajstić information content (AvgIpc) is 2.98. The summed E-state index contributed by atoms with van der Waals surface area (Å²) in [5.74, 6) is -0.0496. The molecule has 6 nitrogen and oxygen atoms in total. The second-order valence-corrected chi connectivity index (χ2v) is 6.38. The van der Waals surface area contributed by atoms with E-state index in [0.717, 1.165) is 30.8 Å². The molecule has 1 saturated heterocycles. The van der Waals surface area contributed by atoms with Crippen LogP contribution in [0.15, 0.2) is 0 Å². The first kappa shape index (κ1) is 13.5. The van der Waals surface area contributed by atoms with Gasteiger partial charge in [0, 0.05) is 13.1 Å². The molecule has 1 aromatic heterocycles. The molecule has 0 N–H and O–H groups in total. The number of rotatable bonds is 2. The van der Waals surface area contributed by atoms with Crippen molar-refractivity contribution < 1.29 is 14.3 Å². The molecule has 1 aliphatic carbocycles. The van der Waals surface area contributed by atoms with Crippen LogP contribution in [-0.2, 0) is 9.53 Å². The van der Waals surface area contributed by atoms with Gasteiger partial charge >= 0.3 is 5.97 Å². The lowest BCUT2D eigenvalue weighted by molar-refractivity contribution is -0.143. The fraction of sp³-hybridized carbons (Fsp3) is 0.692. The van der Waals surface area contributed by atoms with Crippen molar-refractivity contribution in [1.82, 2.24) is 14.5 Å². The zero-order valence-electron chi connectivity index (χ0n) is 11.6. The first-order valence-corrected chi connectivity index (χ1v) is 7.51. The summed E-state index contributed by atoms with van der Waals surface area (Å²) in [6, 6.07) is 0. The van der Waals surface area contributed by atoms with E-state index in [0.29, 0.717) is 23.7 Å². The van der Waals surface area contributed by atoms with Gasteiger partial charge in [-0.05, 0) is 43.1 Å². The van der Waals surface area contributed by atoms with Gasteiger partial charge in [-0.2, -0.15) is 0 Å². The molecule has 1 aliphatic heterocycles. The molecule has 0 unspecified atom stereocenters. The Morgan fingerprint density at radius 2 is 2.10 bits per heavy atom. The number of hydrogen-bond donors (Lipinski definition) is 0. The minimum Gasteiger partial charge on any atom is -0.469 e. The van der Waals surface area contributed by atoms with Crippen molar-refractivity contribution in [2.75, 3.05) is 20.2 Å². The van der Waals surface area contributed by atoms with Gasteiger partial charge in [0.1, 0.15) is 4.88 Å². The first-order valence-electron chi connectivity index (χ1n) is 6.73. The van der Waals surface area contributed by atoms with Gasteiger partial charge in [-0.3, -0.25) is 9.59 Å². The monoisotopic (exact) mass is 295 g/mol. The van der Waals surface area contributed by atoms with Crippen LogP contribution in [-0.4, -0.2) is 46.6 Å². The van der Waals surface area contributed by atoms with Gasteiger partial charge in [0.05, 0.1) is 18.7 Å². The second kappa shape index (κ2) is 4.80. The maximum atomic E-state index is 12.3. The molecule has 1 spiro atoms. The predicted molar refractivity (Wildman–Crippen MR) is 72.3 cm³/mol. The van der Waals surface area contributed by atoms with Crippen LogP contribution < -0.4 is 0 Å². The standard InChI is InChI=1S/C13H17N3O3S/c1-8-10(20-15-14-8)11(17)16-5-3-13(4-6-16)7-9(13)12(18)19-2/h9H,3-7H2,1-2H3/t9-/m0/s1. The summed E-state index contributed by atoms with van der Waals surface area (Å²) in [6.45, 7) is 3.20. The summed E-state index contributed by atoms with van der Waals surface area (Å²) in [5.41, 5.74) is 0.782. The molecule has 2 fully saturated rings. The van der Waals surface area contributed by atoms with Gasteiger partial charge in [-0.1, -0.05) is 4.49 Å². The summed E-state index contributed by atoms with van der Waals surface area (Å²) < 4.78 is 8.62. The highest BCUT2D eigenvalue weighted by Gasteiger charge is 2.59. The summed E-state index contributed by atoms with van der Waals surface area (Å²) in [6.07, 6.45) is 2.66. The van der Waals surface area contributed by atoms with Crippen molar-refractivity contribution >= 4 is 23.4 Å². The van der Waals surface area contributed by atoms with Crippen molar-refractivity contribution in [2.45, 2.75) is 26.2 Å². The Labute approximate surface area is 121 Å². The summed E-state index contributed by atoms with van der Waals surface area (Å²) in [5, 5.41) is 3.88. The van der Waals surface area contributed by atoms with Crippen molar-refractivity contribution in [3.63, 3.8) is 0 Å². The molecule has 1 aromatic rings. The minimum atomic E-state index is -0.104. The zero-order valence-corrected chi connectivity index (χ0v) is 12.4. The lowest BCUT2D eigenvalue weighted by Gasteiger charge is -2.32. The highest BCUT2D eigenvalue weighted by molar-refractivity contribution is 7.07. The molecular weight excluding hydrogens is 278 g/mol. The largest absolute Gasteiger partial charge is 0.469 e. The van der Waals surface area contributed by atoms with Crippen molar-refractivity contribution in [3.8, 4) is 0 Å². The van der Waals surface area contributed by atoms with E-state index in [4.69, 9.17) is 4.74 Å². The molecule has 108 valence electrons. The number of amides is 1. The Hall–Kier alpha value is -1.50. The molecule has 20 heavy (non-hydrogen) atoms. The van der Waals surface area contributed by atoms with Crippen LogP contribution in [0, 0.1) is 18.3 Å². The van der Waals surface area contributed by atoms with Gasteiger partial charge in [0.15, 0.2) is 0 Å². The maximum absolute atomic E-state index is 12.3. The number of esters is 1. The van der Waals surface area contributed by atoms with Crippen LogP contribution in [0.4, 0.5) is 0 Å². The number of ether oxygens (including phenoxy) is 1. The summed E-state index contributed by atoms with van der Waals surface area (Å²) in [7, 11) is 1.44. The van der Waals surface area contributed by atoms with Gasteiger partial charge in [0.2, 0.25) is 0 Å². The molecule has 2 aliphatic rings. The third kappa shape index (κ3) is 2.09. The number of aromatic nitrogens is 2. The molecule has 1 saturated carbocycles. The van der Waals surface area contributed by atoms with E-state index < -0.39 is 0 Å². The van der Waals surface area contributed by atoms with Gasteiger partial charge < -0.3 is 9.64 Å². The fourth-order valence-electron chi connectivity index (χ4n) is 3.10. The Balaban J connectivity index is 1.61. The number of carbonyl (C=O) groups is 2. The van der Waals surface area contributed by atoms with E-state index >= 15 is 0 Å². The molecule has 3 rings (SSSR count). The van der Waals surface area contributed by atoms with E-state index in [-0.39, 0.29) is 23.2 Å². The topological polar surface area (TPSA) is 72.4 Å². The Kier molecular flexibility index (Phi) is 3.24. The normalized spacial score (nSPS) is 23.7. The molecule has 7 heteroatoms. The molecular formula is C13H17N3O3S. The Bertz CT molecular complexity index is 549. The lowest BCUT2D eigenvalue weighted by Crippen LogP contribution is -2.40. The zero-order chi connectivity index (χ0) is 14.3. The number of aryl methyl sites for hydroxylation is 1. The molecule has 1 atom stereocenters. The van der Waals surface area contributed by atoms with E-state index in [1.54, 1.807) is 6.92 Å². The minimum absolute atomic E-state index is 0.0163. The van der Waals surface area contributed by atoms with Crippen LogP contribution >= 0.6 is 11.5 Å². The quantitative estimate of drug-likeness (QED) is 0.768. The Morgan fingerprint density at radius 1 is 1.40 bits per heavy atom. The third-order valence-electron chi connectivity index (χ3n) is 4.57. The fourth-order valence-corrected chi connectivity index (χ4v) is 3.73. The van der Waals surface area contributed by atoms with Crippen LogP contribution in [0.1, 0.15) is 34.6 Å². The summed E-state index contributed by atoms with van der Waals surface area (Å²) in [4.78, 5) is 26.4.